The second-order valence-electron chi connectivity index (χ2n) is 3.24. The SMILES string of the molecule is CCCC[n+]1csc2ccccc21.[I-]. The van der Waals surface area contributed by atoms with Gasteiger partial charge < -0.3 is 24.0 Å². The van der Waals surface area contributed by atoms with E-state index in [2.05, 4.69) is 41.3 Å². The van der Waals surface area contributed by atoms with E-state index in [-0.39, 0.29) is 24.0 Å². The van der Waals surface area contributed by atoms with Crippen LogP contribution in [0.4, 0.5) is 0 Å². The molecule has 0 N–H and O–H groups in total. The predicted octanol–water partition coefficient (Wildman–Crippen LogP) is -0.00710. The first kappa shape index (κ1) is 11.9. The average molecular weight is 319 g/mol. The Morgan fingerprint density at radius 1 is 1.29 bits per heavy atom. The van der Waals surface area contributed by atoms with Crippen LogP contribution in [-0.4, -0.2) is 0 Å². The molecule has 0 unspecified atom stereocenters. The fourth-order valence-corrected chi connectivity index (χ4v) is 2.40. The number of rotatable bonds is 3. The van der Waals surface area contributed by atoms with Crippen LogP contribution in [0.1, 0.15) is 19.8 Å². The predicted molar refractivity (Wildman–Crippen MR) is 56.9 cm³/mol. The number of aryl methyl sites for hydroxylation is 1. The smallest absolute Gasteiger partial charge is 0.225 e. The molecule has 3 heteroatoms. The minimum atomic E-state index is 0. The van der Waals surface area contributed by atoms with E-state index in [1.807, 2.05) is 11.3 Å². The summed E-state index contributed by atoms with van der Waals surface area (Å²) in [5.74, 6) is 0. The van der Waals surface area contributed by atoms with Gasteiger partial charge in [0.05, 0.1) is 0 Å². The number of thiazole rings is 1. The largest absolute Gasteiger partial charge is 1.00 e. The van der Waals surface area contributed by atoms with E-state index in [0.29, 0.717) is 0 Å². The van der Waals surface area contributed by atoms with Crippen LogP contribution in [0.2, 0.25) is 0 Å². The first-order valence-electron chi connectivity index (χ1n) is 4.77. The third-order valence-corrected chi connectivity index (χ3v) is 3.19. The van der Waals surface area contributed by atoms with E-state index in [4.69, 9.17) is 0 Å². The molecule has 2 aromatic rings. The zero-order chi connectivity index (χ0) is 9.10. The second-order valence-corrected chi connectivity index (χ2v) is 4.12. The van der Waals surface area contributed by atoms with Crippen molar-refractivity contribution in [2.24, 2.45) is 0 Å². The van der Waals surface area contributed by atoms with Crippen molar-refractivity contribution in [2.45, 2.75) is 26.3 Å². The lowest BCUT2D eigenvalue weighted by Gasteiger charge is -1.91. The topological polar surface area (TPSA) is 3.88 Å². The molecular weight excluding hydrogens is 305 g/mol. The second kappa shape index (κ2) is 5.66. The molecule has 0 bridgehead atoms. The highest BCUT2D eigenvalue weighted by atomic mass is 127. The van der Waals surface area contributed by atoms with E-state index in [1.54, 1.807) is 0 Å². The van der Waals surface area contributed by atoms with Gasteiger partial charge in [-0.1, -0.05) is 36.8 Å². The summed E-state index contributed by atoms with van der Waals surface area (Å²) >= 11 is 1.83. The summed E-state index contributed by atoms with van der Waals surface area (Å²) in [7, 11) is 0. The Morgan fingerprint density at radius 2 is 2.07 bits per heavy atom. The Hall–Kier alpha value is -0.160. The summed E-state index contributed by atoms with van der Waals surface area (Å²) < 4.78 is 3.74. The molecule has 0 aliphatic heterocycles. The monoisotopic (exact) mass is 319 g/mol. The average Bonchev–Trinajstić information content (AvgIpc) is 2.58. The van der Waals surface area contributed by atoms with Gasteiger partial charge in [0.2, 0.25) is 11.0 Å². The number of para-hydroxylation sites is 1. The summed E-state index contributed by atoms with van der Waals surface area (Å²) in [4.78, 5) is 0. The first-order valence-corrected chi connectivity index (χ1v) is 5.65. The van der Waals surface area contributed by atoms with Gasteiger partial charge in [0.1, 0.15) is 11.2 Å². The zero-order valence-electron chi connectivity index (χ0n) is 8.24. The van der Waals surface area contributed by atoms with Crippen LogP contribution in [0.5, 0.6) is 0 Å². The van der Waals surface area contributed by atoms with Crippen molar-refractivity contribution in [1.29, 1.82) is 0 Å². The summed E-state index contributed by atoms with van der Waals surface area (Å²) in [5, 5.41) is 0. The van der Waals surface area contributed by atoms with Crippen LogP contribution in [0.25, 0.3) is 10.2 Å². The standard InChI is InChI=1S/C11H14NS.HI/c1-2-3-8-12-9-13-11-7-5-4-6-10(11)12;/h4-7,9H,2-3,8H2,1H3;1H/q+1;/p-1. The van der Waals surface area contributed by atoms with Gasteiger partial charge in [-0.25, -0.2) is 0 Å². The van der Waals surface area contributed by atoms with Gasteiger partial charge in [-0.15, -0.1) is 0 Å². The Kier molecular flexibility index (Phi) is 4.81. The van der Waals surface area contributed by atoms with Crippen molar-refractivity contribution in [3.05, 3.63) is 29.8 Å². The third-order valence-electron chi connectivity index (χ3n) is 2.23. The molecule has 0 aliphatic rings. The molecule has 0 spiro atoms. The van der Waals surface area contributed by atoms with E-state index >= 15 is 0 Å². The minimum Gasteiger partial charge on any atom is -1.00 e. The van der Waals surface area contributed by atoms with E-state index in [9.17, 15) is 0 Å². The van der Waals surface area contributed by atoms with Crippen LogP contribution in [-0.2, 0) is 6.54 Å². The molecule has 14 heavy (non-hydrogen) atoms. The highest BCUT2D eigenvalue weighted by molar-refractivity contribution is 7.16. The molecule has 0 fully saturated rings. The highest BCUT2D eigenvalue weighted by Crippen LogP contribution is 2.14. The maximum Gasteiger partial charge on any atom is 0.225 e. The van der Waals surface area contributed by atoms with Crippen molar-refractivity contribution in [3.63, 3.8) is 0 Å². The van der Waals surface area contributed by atoms with E-state index in [0.717, 1.165) is 6.54 Å². The molecule has 1 aromatic carbocycles. The van der Waals surface area contributed by atoms with Gasteiger partial charge in [0.25, 0.3) is 0 Å². The summed E-state index contributed by atoms with van der Waals surface area (Å²) in [6.45, 7) is 3.38. The number of halogens is 1. The van der Waals surface area contributed by atoms with Gasteiger partial charge in [-0.05, 0) is 6.07 Å². The van der Waals surface area contributed by atoms with E-state index in [1.165, 1.54) is 23.1 Å². The Bertz CT molecular complexity index is 397. The molecule has 1 nitrogen and oxygen atoms in total. The number of benzene rings is 1. The van der Waals surface area contributed by atoms with Gasteiger partial charge in [-0.2, -0.15) is 4.57 Å². The molecule has 0 aliphatic carbocycles. The molecule has 0 saturated heterocycles. The maximum atomic E-state index is 2.35. The number of hydrogen-bond acceptors (Lipinski definition) is 1. The lowest BCUT2D eigenvalue weighted by Crippen LogP contribution is -3.00. The number of aromatic nitrogens is 1. The van der Waals surface area contributed by atoms with E-state index < -0.39 is 0 Å². The summed E-state index contributed by atoms with van der Waals surface area (Å²) in [6.07, 6.45) is 2.53. The Balaban J connectivity index is 0.000000980. The van der Waals surface area contributed by atoms with Crippen molar-refractivity contribution in [3.8, 4) is 0 Å². The summed E-state index contributed by atoms with van der Waals surface area (Å²) in [6, 6.07) is 8.59. The quantitative estimate of drug-likeness (QED) is 0.554. The van der Waals surface area contributed by atoms with Crippen molar-refractivity contribution in [1.82, 2.24) is 0 Å². The van der Waals surface area contributed by atoms with Gasteiger partial charge >= 0.3 is 0 Å². The van der Waals surface area contributed by atoms with Gasteiger partial charge in [0.15, 0.2) is 0 Å². The molecule has 1 aromatic heterocycles. The highest BCUT2D eigenvalue weighted by Gasteiger charge is 2.08. The Morgan fingerprint density at radius 3 is 2.86 bits per heavy atom. The fraction of sp³-hybridized carbons (Fsp3) is 0.364. The molecular formula is C11H14INS. The molecule has 2 rings (SSSR count). The number of fused-ring (bicyclic) bond motifs is 1. The summed E-state index contributed by atoms with van der Waals surface area (Å²) in [5.41, 5.74) is 3.60. The molecule has 0 saturated carbocycles. The maximum absolute atomic E-state index is 2.35. The van der Waals surface area contributed by atoms with Crippen molar-refractivity contribution < 1.29 is 28.5 Å². The van der Waals surface area contributed by atoms with Crippen molar-refractivity contribution >= 4 is 21.6 Å². The van der Waals surface area contributed by atoms with Crippen molar-refractivity contribution in [2.75, 3.05) is 0 Å². The number of hydrogen-bond donors (Lipinski definition) is 0. The molecule has 0 radical (unpaired) electrons. The van der Waals surface area contributed by atoms with Crippen LogP contribution >= 0.6 is 11.3 Å². The Labute approximate surface area is 106 Å². The first-order chi connectivity index (χ1) is 6.42. The van der Waals surface area contributed by atoms with Crippen LogP contribution in [0.15, 0.2) is 29.8 Å². The molecule has 0 amide bonds. The lowest BCUT2D eigenvalue weighted by atomic mass is 10.3. The lowest BCUT2D eigenvalue weighted by molar-refractivity contribution is -0.667. The van der Waals surface area contributed by atoms with Crippen LogP contribution < -0.4 is 28.5 Å². The normalized spacial score (nSPS) is 10.1. The van der Waals surface area contributed by atoms with Gasteiger partial charge in [0, 0.05) is 12.5 Å². The molecule has 76 valence electrons. The third kappa shape index (κ3) is 2.45. The van der Waals surface area contributed by atoms with Gasteiger partial charge in [-0.3, -0.25) is 0 Å². The van der Waals surface area contributed by atoms with Crippen LogP contribution in [0.3, 0.4) is 0 Å². The number of unbranched alkanes of at least 4 members (excludes halogenated alkanes) is 1. The minimum absolute atomic E-state index is 0. The number of nitrogens with zero attached hydrogens (tertiary/aromatic N) is 1. The fourth-order valence-electron chi connectivity index (χ4n) is 1.47. The molecule has 1 heterocycles. The zero-order valence-corrected chi connectivity index (χ0v) is 11.2. The molecule has 0 atom stereocenters. The van der Waals surface area contributed by atoms with Crippen LogP contribution in [0, 0.1) is 0 Å².